The number of hydrogen-bond acceptors (Lipinski definition) is 4. The number of aryl methyl sites for hydroxylation is 1. The van der Waals surface area contributed by atoms with Crippen LogP contribution in [0.3, 0.4) is 0 Å². The summed E-state index contributed by atoms with van der Waals surface area (Å²) >= 11 is 0. The van der Waals surface area contributed by atoms with Crippen molar-refractivity contribution in [3.63, 3.8) is 0 Å². The zero-order valence-electron chi connectivity index (χ0n) is 19.1. The number of rotatable bonds is 12. The standard InChI is InChI=1S/C26H34O4S/c1-5-7-15-26(19-27,16-8-6-2)20-31(28,29)25-14-9-21(3)17-23(25)18-22-10-12-24(30-4)13-11-22/h5,7,9-14,17,19H,6,8,15-16,18,20H2,1-4H3/b7-5-. The van der Waals surface area contributed by atoms with E-state index in [1.165, 1.54) is 0 Å². The number of ether oxygens (including phenoxy) is 1. The zero-order valence-corrected chi connectivity index (χ0v) is 19.9. The van der Waals surface area contributed by atoms with Crippen molar-refractivity contribution in [3.8, 4) is 5.75 Å². The van der Waals surface area contributed by atoms with Gasteiger partial charge in [-0.1, -0.05) is 61.7 Å². The van der Waals surface area contributed by atoms with Crippen LogP contribution in [0.5, 0.6) is 5.75 Å². The molecule has 0 aliphatic heterocycles. The topological polar surface area (TPSA) is 60.4 Å². The predicted octanol–water partition coefficient (Wildman–Crippen LogP) is 5.71. The van der Waals surface area contributed by atoms with Crippen molar-refractivity contribution in [2.24, 2.45) is 5.41 Å². The van der Waals surface area contributed by atoms with Crippen molar-refractivity contribution < 1.29 is 17.9 Å². The maximum atomic E-state index is 13.6. The van der Waals surface area contributed by atoms with Gasteiger partial charge >= 0.3 is 0 Å². The van der Waals surface area contributed by atoms with Gasteiger partial charge in [0.15, 0.2) is 9.84 Å². The summed E-state index contributed by atoms with van der Waals surface area (Å²) in [5, 5.41) is 0. The fourth-order valence-electron chi connectivity index (χ4n) is 3.82. The molecule has 0 aliphatic rings. The molecule has 0 bridgehead atoms. The summed E-state index contributed by atoms with van der Waals surface area (Å²) in [6.45, 7) is 5.89. The van der Waals surface area contributed by atoms with Gasteiger partial charge in [0.2, 0.25) is 0 Å². The van der Waals surface area contributed by atoms with Crippen LogP contribution in [0.1, 0.15) is 56.2 Å². The lowest BCUT2D eigenvalue weighted by Crippen LogP contribution is -2.32. The second-order valence-electron chi connectivity index (χ2n) is 8.25. The Morgan fingerprint density at radius 3 is 2.39 bits per heavy atom. The minimum atomic E-state index is -3.66. The third kappa shape index (κ3) is 6.79. The number of benzene rings is 2. The fraction of sp³-hybridized carbons (Fsp3) is 0.423. The molecule has 5 heteroatoms. The van der Waals surface area contributed by atoms with E-state index in [0.29, 0.717) is 24.2 Å². The lowest BCUT2D eigenvalue weighted by atomic mass is 9.83. The summed E-state index contributed by atoms with van der Waals surface area (Å²) in [5.74, 6) is 0.587. The first-order chi connectivity index (χ1) is 14.8. The number of methoxy groups -OCH3 is 1. The van der Waals surface area contributed by atoms with Gasteiger partial charge in [0.1, 0.15) is 12.0 Å². The first-order valence-electron chi connectivity index (χ1n) is 10.8. The van der Waals surface area contributed by atoms with Crippen LogP contribution in [0.15, 0.2) is 59.5 Å². The van der Waals surface area contributed by atoms with Gasteiger partial charge in [-0.3, -0.25) is 0 Å². The summed E-state index contributed by atoms with van der Waals surface area (Å²) in [6, 6.07) is 13.1. The SMILES string of the molecule is C/C=C\CC(C=O)(CCCC)CS(=O)(=O)c1ccc(C)cc1Cc1ccc(OC)cc1. The van der Waals surface area contributed by atoms with E-state index in [-0.39, 0.29) is 5.75 Å². The van der Waals surface area contributed by atoms with Crippen LogP contribution < -0.4 is 4.74 Å². The molecule has 0 aromatic heterocycles. The van der Waals surface area contributed by atoms with Gasteiger partial charge < -0.3 is 9.53 Å². The van der Waals surface area contributed by atoms with Gasteiger partial charge in [-0.25, -0.2) is 8.42 Å². The van der Waals surface area contributed by atoms with Gasteiger partial charge in [-0.05, 0) is 62.4 Å². The average molecular weight is 443 g/mol. The largest absolute Gasteiger partial charge is 0.497 e. The molecule has 0 amide bonds. The van der Waals surface area contributed by atoms with Gasteiger partial charge in [0, 0.05) is 5.41 Å². The van der Waals surface area contributed by atoms with Crippen molar-refractivity contribution in [2.75, 3.05) is 12.9 Å². The van der Waals surface area contributed by atoms with E-state index >= 15 is 0 Å². The Bertz CT molecular complexity index is 991. The highest BCUT2D eigenvalue weighted by Crippen LogP contribution is 2.33. The summed E-state index contributed by atoms with van der Waals surface area (Å²) in [5.41, 5.74) is 1.86. The monoisotopic (exact) mass is 442 g/mol. The van der Waals surface area contributed by atoms with E-state index in [2.05, 4.69) is 0 Å². The lowest BCUT2D eigenvalue weighted by molar-refractivity contribution is -0.115. The van der Waals surface area contributed by atoms with Crippen molar-refractivity contribution in [1.82, 2.24) is 0 Å². The van der Waals surface area contributed by atoms with Crippen LogP contribution in [0, 0.1) is 12.3 Å². The number of unbranched alkanes of at least 4 members (excludes halogenated alkanes) is 1. The summed E-state index contributed by atoms with van der Waals surface area (Å²) in [6.07, 6.45) is 7.86. The highest BCUT2D eigenvalue weighted by Gasteiger charge is 2.35. The summed E-state index contributed by atoms with van der Waals surface area (Å²) in [4.78, 5) is 12.4. The van der Waals surface area contributed by atoms with E-state index in [0.717, 1.165) is 41.6 Å². The molecule has 4 nitrogen and oxygen atoms in total. The summed E-state index contributed by atoms with van der Waals surface area (Å²) < 4.78 is 32.3. The Labute approximate surface area is 187 Å². The minimum Gasteiger partial charge on any atom is -0.497 e. The van der Waals surface area contributed by atoms with E-state index in [1.807, 2.05) is 69.3 Å². The fourth-order valence-corrected chi connectivity index (χ4v) is 5.87. The van der Waals surface area contributed by atoms with Crippen molar-refractivity contribution in [3.05, 3.63) is 71.3 Å². The van der Waals surface area contributed by atoms with Crippen LogP contribution in [0.2, 0.25) is 0 Å². The maximum Gasteiger partial charge on any atom is 0.179 e. The Kier molecular flexibility index (Phi) is 9.05. The molecule has 0 N–H and O–H groups in total. The molecule has 0 radical (unpaired) electrons. The molecule has 0 heterocycles. The Morgan fingerprint density at radius 2 is 1.81 bits per heavy atom. The molecule has 0 spiro atoms. The van der Waals surface area contributed by atoms with Gasteiger partial charge in [0.25, 0.3) is 0 Å². The number of allylic oxidation sites excluding steroid dienone is 2. The number of carbonyl (C=O) groups is 1. The summed E-state index contributed by atoms with van der Waals surface area (Å²) in [7, 11) is -2.04. The van der Waals surface area contributed by atoms with Crippen molar-refractivity contribution in [2.45, 2.75) is 57.8 Å². The normalized spacial score (nSPS) is 13.8. The first-order valence-corrected chi connectivity index (χ1v) is 12.5. The van der Waals surface area contributed by atoms with Crippen molar-refractivity contribution >= 4 is 16.1 Å². The van der Waals surface area contributed by atoms with E-state index in [9.17, 15) is 13.2 Å². The molecule has 1 unspecified atom stereocenters. The smallest absolute Gasteiger partial charge is 0.179 e. The van der Waals surface area contributed by atoms with Gasteiger partial charge in [0.05, 0.1) is 17.8 Å². The molecular weight excluding hydrogens is 408 g/mol. The van der Waals surface area contributed by atoms with E-state index in [4.69, 9.17) is 4.74 Å². The second kappa shape index (κ2) is 11.3. The Balaban J connectivity index is 2.43. The highest BCUT2D eigenvalue weighted by molar-refractivity contribution is 7.91. The second-order valence-corrected chi connectivity index (χ2v) is 10.2. The van der Waals surface area contributed by atoms with Crippen LogP contribution in [-0.2, 0) is 21.1 Å². The highest BCUT2D eigenvalue weighted by atomic mass is 32.2. The molecule has 31 heavy (non-hydrogen) atoms. The Hall–Kier alpha value is -2.40. The number of aldehydes is 1. The molecule has 0 aliphatic carbocycles. The molecule has 0 saturated carbocycles. The zero-order chi connectivity index (χ0) is 22.9. The van der Waals surface area contributed by atoms with Gasteiger partial charge in [-0.15, -0.1) is 0 Å². The quantitative estimate of drug-likeness (QED) is 0.312. The third-order valence-corrected chi connectivity index (χ3v) is 7.64. The van der Waals surface area contributed by atoms with Crippen LogP contribution in [0.4, 0.5) is 0 Å². The van der Waals surface area contributed by atoms with Crippen LogP contribution in [0.25, 0.3) is 0 Å². The molecular formula is C26H34O4S. The third-order valence-electron chi connectivity index (χ3n) is 5.62. The van der Waals surface area contributed by atoms with Crippen molar-refractivity contribution in [1.29, 1.82) is 0 Å². The maximum absolute atomic E-state index is 13.6. The lowest BCUT2D eigenvalue weighted by Gasteiger charge is -2.27. The number of carbonyl (C=O) groups excluding carboxylic acids is 1. The number of hydrogen-bond donors (Lipinski definition) is 0. The molecule has 2 aromatic rings. The van der Waals surface area contributed by atoms with Crippen LogP contribution >= 0.6 is 0 Å². The first kappa shape index (κ1) is 24.9. The molecule has 168 valence electrons. The molecule has 1 atom stereocenters. The van der Waals surface area contributed by atoms with E-state index in [1.54, 1.807) is 13.2 Å². The Morgan fingerprint density at radius 1 is 1.10 bits per heavy atom. The van der Waals surface area contributed by atoms with Crippen LogP contribution in [-0.4, -0.2) is 27.6 Å². The minimum absolute atomic E-state index is 0.174. The number of sulfone groups is 1. The van der Waals surface area contributed by atoms with Gasteiger partial charge in [-0.2, -0.15) is 0 Å². The molecule has 2 rings (SSSR count). The average Bonchev–Trinajstić information content (AvgIpc) is 2.76. The molecule has 0 fully saturated rings. The van der Waals surface area contributed by atoms with E-state index < -0.39 is 15.3 Å². The molecule has 0 saturated heterocycles. The molecule has 2 aromatic carbocycles. The predicted molar refractivity (Wildman–Crippen MR) is 126 cm³/mol.